The lowest BCUT2D eigenvalue weighted by Gasteiger charge is -2.33. The first-order valence-electron chi connectivity index (χ1n) is 6.77. The van der Waals surface area contributed by atoms with Crippen molar-refractivity contribution in [1.82, 2.24) is 14.9 Å². The van der Waals surface area contributed by atoms with Gasteiger partial charge in [-0.05, 0) is 32.2 Å². The smallest absolute Gasteiger partial charge is 0.150 e. The number of rotatable bonds is 4. The molecule has 3 unspecified atom stereocenters. The summed E-state index contributed by atoms with van der Waals surface area (Å²) in [5, 5.41) is 3.12. The summed E-state index contributed by atoms with van der Waals surface area (Å²) in [6.07, 6.45) is 8.64. The van der Waals surface area contributed by atoms with E-state index in [1.807, 2.05) is 24.9 Å². The van der Waals surface area contributed by atoms with Crippen LogP contribution >= 0.6 is 0 Å². The monoisotopic (exact) mass is 285 g/mol. The second-order valence-electron chi connectivity index (χ2n) is 5.54. The third-order valence-corrected chi connectivity index (χ3v) is 5.83. The molecule has 1 aromatic heterocycles. The highest BCUT2D eigenvalue weighted by Crippen LogP contribution is 2.36. The number of hydrogen-bond donors (Lipinski definition) is 1. The molecule has 1 aliphatic carbocycles. The largest absolute Gasteiger partial charge is 0.337 e. The average Bonchev–Trinajstić information content (AvgIpc) is 2.76. The number of hydrogen-bond acceptors (Lipinski definition) is 4. The van der Waals surface area contributed by atoms with Crippen molar-refractivity contribution in [2.45, 2.75) is 37.0 Å². The van der Waals surface area contributed by atoms with Gasteiger partial charge in [-0.25, -0.2) is 13.4 Å². The zero-order valence-electron chi connectivity index (χ0n) is 11.8. The Hall–Kier alpha value is -0.880. The maximum atomic E-state index is 11.8. The Morgan fingerprint density at radius 1 is 1.47 bits per heavy atom. The minimum absolute atomic E-state index is 0.129. The molecule has 1 N–H and O–H groups in total. The molecule has 2 rings (SSSR count). The Bertz CT molecular complexity index is 524. The highest BCUT2D eigenvalue weighted by Gasteiger charge is 2.34. The molecule has 1 aliphatic rings. The normalized spacial score (nSPS) is 26.3. The van der Waals surface area contributed by atoms with E-state index >= 15 is 0 Å². The summed E-state index contributed by atoms with van der Waals surface area (Å²) < 4.78 is 25.5. The van der Waals surface area contributed by atoms with Gasteiger partial charge in [-0.2, -0.15) is 0 Å². The molecule has 1 fully saturated rings. The minimum Gasteiger partial charge on any atom is -0.337 e. The molecule has 1 saturated carbocycles. The predicted octanol–water partition coefficient (Wildman–Crippen LogP) is 1.28. The quantitative estimate of drug-likeness (QED) is 0.905. The van der Waals surface area contributed by atoms with Crippen molar-refractivity contribution in [2.75, 3.05) is 13.3 Å². The third-order valence-electron chi connectivity index (χ3n) is 4.19. The van der Waals surface area contributed by atoms with Crippen LogP contribution in [0.2, 0.25) is 0 Å². The first-order chi connectivity index (χ1) is 8.93. The number of nitrogens with one attached hydrogen (secondary N) is 1. The van der Waals surface area contributed by atoms with Gasteiger partial charge in [0.1, 0.15) is 15.7 Å². The number of aromatic nitrogens is 2. The Balaban J connectivity index is 2.18. The van der Waals surface area contributed by atoms with Crippen molar-refractivity contribution in [1.29, 1.82) is 0 Å². The summed E-state index contributed by atoms with van der Waals surface area (Å²) >= 11 is 0. The van der Waals surface area contributed by atoms with Gasteiger partial charge in [0.05, 0.1) is 11.3 Å². The van der Waals surface area contributed by atoms with Crippen LogP contribution in [0.3, 0.4) is 0 Å². The molecule has 3 atom stereocenters. The Labute approximate surface area is 115 Å². The number of aryl methyl sites for hydroxylation is 1. The van der Waals surface area contributed by atoms with E-state index in [1.54, 1.807) is 6.20 Å². The molecule has 0 aromatic carbocycles. The highest BCUT2D eigenvalue weighted by molar-refractivity contribution is 7.91. The van der Waals surface area contributed by atoms with E-state index in [-0.39, 0.29) is 11.3 Å². The van der Waals surface area contributed by atoms with E-state index < -0.39 is 9.84 Å². The molecule has 0 bridgehead atoms. The third kappa shape index (κ3) is 3.17. The van der Waals surface area contributed by atoms with E-state index in [9.17, 15) is 8.42 Å². The molecule has 19 heavy (non-hydrogen) atoms. The molecule has 0 saturated heterocycles. The SMILES string of the molecule is CNC(c1nccn1C)C1CCCC(S(C)(=O)=O)C1. The predicted molar refractivity (Wildman–Crippen MR) is 75.6 cm³/mol. The van der Waals surface area contributed by atoms with Gasteiger partial charge in [-0.15, -0.1) is 0 Å². The lowest BCUT2D eigenvalue weighted by molar-refractivity contribution is 0.271. The average molecular weight is 285 g/mol. The van der Waals surface area contributed by atoms with E-state index in [0.29, 0.717) is 5.92 Å². The van der Waals surface area contributed by atoms with E-state index in [4.69, 9.17) is 0 Å². The van der Waals surface area contributed by atoms with Crippen molar-refractivity contribution in [3.8, 4) is 0 Å². The van der Waals surface area contributed by atoms with Gasteiger partial charge in [0, 0.05) is 25.7 Å². The van der Waals surface area contributed by atoms with E-state index in [1.165, 1.54) is 6.26 Å². The molecule has 6 heteroatoms. The standard InChI is InChI=1S/C13H23N3O2S/c1-14-12(13-15-7-8-16(13)2)10-5-4-6-11(9-10)19(3,17)18/h7-8,10-12,14H,4-6,9H2,1-3H3. The molecular formula is C13H23N3O2S. The topological polar surface area (TPSA) is 64.0 Å². The van der Waals surface area contributed by atoms with Crippen molar-refractivity contribution in [2.24, 2.45) is 13.0 Å². The number of sulfone groups is 1. The Morgan fingerprint density at radius 3 is 2.74 bits per heavy atom. The summed E-state index contributed by atoms with van der Waals surface area (Å²) in [5.74, 6) is 1.32. The van der Waals surface area contributed by atoms with Crippen LogP contribution in [0, 0.1) is 5.92 Å². The second kappa shape index (κ2) is 5.63. The maximum Gasteiger partial charge on any atom is 0.150 e. The molecule has 0 radical (unpaired) electrons. The van der Waals surface area contributed by atoms with E-state index in [0.717, 1.165) is 31.5 Å². The van der Waals surface area contributed by atoms with Crippen LogP contribution < -0.4 is 5.32 Å². The van der Waals surface area contributed by atoms with Crippen LogP contribution in [0.25, 0.3) is 0 Å². The molecular weight excluding hydrogens is 262 g/mol. The molecule has 1 aromatic rings. The number of nitrogens with zero attached hydrogens (tertiary/aromatic N) is 2. The zero-order chi connectivity index (χ0) is 14.0. The molecule has 1 heterocycles. The fourth-order valence-electron chi connectivity index (χ4n) is 3.13. The highest BCUT2D eigenvalue weighted by atomic mass is 32.2. The Morgan fingerprint density at radius 2 is 2.21 bits per heavy atom. The molecule has 0 aliphatic heterocycles. The van der Waals surface area contributed by atoms with Gasteiger partial charge in [0.25, 0.3) is 0 Å². The summed E-state index contributed by atoms with van der Waals surface area (Å²) in [6, 6.07) is 0.129. The second-order valence-corrected chi connectivity index (χ2v) is 7.87. The number of imidazole rings is 1. The first kappa shape index (κ1) is 14.5. The van der Waals surface area contributed by atoms with Gasteiger partial charge in [0.2, 0.25) is 0 Å². The van der Waals surface area contributed by atoms with Crippen LogP contribution in [0.4, 0.5) is 0 Å². The lowest BCUT2D eigenvalue weighted by atomic mass is 9.83. The van der Waals surface area contributed by atoms with Crippen LogP contribution in [-0.2, 0) is 16.9 Å². The van der Waals surface area contributed by atoms with Gasteiger partial charge in [-0.3, -0.25) is 0 Å². The first-order valence-corrected chi connectivity index (χ1v) is 8.72. The van der Waals surface area contributed by atoms with Gasteiger partial charge < -0.3 is 9.88 Å². The molecule has 5 nitrogen and oxygen atoms in total. The fraction of sp³-hybridized carbons (Fsp3) is 0.769. The van der Waals surface area contributed by atoms with Crippen molar-refractivity contribution in [3.63, 3.8) is 0 Å². The van der Waals surface area contributed by atoms with E-state index in [2.05, 4.69) is 10.3 Å². The lowest BCUT2D eigenvalue weighted by Crippen LogP contribution is -2.35. The summed E-state index contributed by atoms with van der Waals surface area (Å²) in [5.41, 5.74) is 0. The fourth-order valence-corrected chi connectivity index (χ4v) is 4.32. The zero-order valence-corrected chi connectivity index (χ0v) is 12.7. The molecule has 108 valence electrons. The molecule has 0 amide bonds. The van der Waals surface area contributed by atoms with Crippen LogP contribution in [-0.4, -0.2) is 36.5 Å². The summed E-state index contributed by atoms with van der Waals surface area (Å²) in [7, 11) is 0.961. The Kier molecular flexibility index (Phi) is 4.30. The van der Waals surface area contributed by atoms with Crippen LogP contribution in [0.1, 0.15) is 37.5 Å². The van der Waals surface area contributed by atoms with Crippen LogP contribution in [0.5, 0.6) is 0 Å². The van der Waals surface area contributed by atoms with Crippen LogP contribution in [0.15, 0.2) is 12.4 Å². The van der Waals surface area contributed by atoms with Crippen molar-refractivity contribution < 1.29 is 8.42 Å². The summed E-state index contributed by atoms with van der Waals surface area (Å²) in [4.78, 5) is 4.40. The minimum atomic E-state index is -2.93. The van der Waals surface area contributed by atoms with Crippen molar-refractivity contribution >= 4 is 9.84 Å². The molecule has 0 spiro atoms. The van der Waals surface area contributed by atoms with Gasteiger partial charge in [-0.1, -0.05) is 6.42 Å². The maximum absolute atomic E-state index is 11.8. The summed E-state index contributed by atoms with van der Waals surface area (Å²) in [6.45, 7) is 0. The van der Waals surface area contributed by atoms with Crippen molar-refractivity contribution in [3.05, 3.63) is 18.2 Å². The van der Waals surface area contributed by atoms with Gasteiger partial charge in [0.15, 0.2) is 0 Å². The van der Waals surface area contributed by atoms with Gasteiger partial charge >= 0.3 is 0 Å².